The Bertz CT molecular complexity index is 380. The van der Waals surface area contributed by atoms with Crippen molar-refractivity contribution in [2.75, 3.05) is 19.6 Å². The van der Waals surface area contributed by atoms with E-state index in [9.17, 15) is 9.59 Å². The van der Waals surface area contributed by atoms with Gasteiger partial charge in [-0.25, -0.2) is 4.79 Å². The molecule has 5 nitrogen and oxygen atoms in total. The fourth-order valence-corrected chi connectivity index (χ4v) is 3.05. The van der Waals surface area contributed by atoms with Gasteiger partial charge >= 0.3 is 12.0 Å². The molecule has 1 N–H and O–H groups in total. The quantitative estimate of drug-likeness (QED) is 0.820. The Morgan fingerprint density at radius 2 is 2.00 bits per heavy atom. The highest BCUT2D eigenvalue weighted by molar-refractivity contribution is 5.75. The molecule has 0 spiro atoms. The maximum atomic E-state index is 12.7. The van der Waals surface area contributed by atoms with Crippen LogP contribution in [0.4, 0.5) is 4.79 Å². The second-order valence-corrected chi connectivity index (χ2v) is 6.94. The Morgan fingerprint density at radius 3 is 2.57 bits per heavy atom. The smallest absolute Gasteiger partial charge is 0.320 e. The molecule has 1 aliphatic heterocycles. The Morgan fingerprint density at radius 1 is 1.29 bits per heavy atom. The summed E-state index contributed by atoms with van der Waals surface area (Å²) in [6.07, 6.45) is 5.30. The summed E-state index contributed by atoms with van der Waals surface area (Å²) in [7, 11) is 0. The lowest BCUT2D eigenvalue weighted by Crippen LogP contribution is -2.49. The molecule has 0 aromatic rings. The van der Waals surface area contributed by atoms with Crippen LogP contribution in [0.5, 0.6) is 0 Å². The van der Waals surface area contributed by atoms with E-state index in [1.807, 2.05) is 9.80 Å². The zero-order valence-corrected chi connectivity index (χ0v) is 13.3. The molecule has 0 aromatic heterocycles. The number of piperidine rings is 1. The fraction of sp³-hybridized carbons (Fsp3) is 0.875. The van der Waals surface area contributed by atoms with Crippen LogP contribution in [0.3, 0.4) is 0 Å². The van der Waals surface area contributed by atoms with E-state index in [1.165, 1.54) is 0 Å². The van der Waals surface area contributed by atoms with Gasteiger partial charge in [0, 0.05) is 32.1 Å². The second kappa shape index (κ2) is 7.14. The van der Waals surface area contributed by atoms with E-state index < -0.39 is 5.97 Å². The van der Waals surface area contributed by atoms with Crippen molar-refractivity contribution in [1.29, 1.82) is 0 Å². The monoisotopic (exact) mass is 296 g/mol. The SMILES string of the molecule is CC(C)CCN(C(=O)N1CCCC(CC(=O)O)C1)C1CC1. The lowest BCUT2D eigenvalue weighted by Gasteiger charge is -2.36. The van der Waals surface area contributed by atoms with Crippen molar-refractivity contribution in [3.8, 4) is 0 Å². The van der Waals surface area contributed by atoms with Gasteiger partial charge in [-0.05, 0) is 43.9 Å². The van der Waals surface area contributed by atoms with Crippen molar-refractivity contribution >= 4 is 12.0 Å². The third kappa shape index (κ3) is 4.90. The number of aliphatic carboxylic acids is 1. The van der Waals surface area contributed by atoms with Crippen molar-refractivity contribution in [2.24, 2.45) is 11.8 Å². The van der Waals surface area contributed by atoms with Crippen LogP contribution in [0.1, 0.15) is 52.4 Å². The molecule has 2 fully saturated rings. The van der Waals surface area contributed by atoms with Gasteiger partial charge in [0.25, 0.3) is 0 Å². The average Bonchev–Trinajstić information content (AvgIpc) is 3.22. The van der Waals surface area contributed by atoms with Crippen molar-refractivity contribution in [1.82, 2.24) is 9.80 Å². The predicted molar refractivity (Wildman–Crippen MR) is 81.1 cm³/mol. The largest absolute Gasteiger partial charge is 0.481 e. The molecule has 0 radical (unpaired) electrons. The molecular weight excluding hydrogens is 268 g/mol. The number of carbonyl (C=O) groups is 2. The number of nitrogens with zero attached hydrogens (tertiary/aromatic N) is 2. The van der Waals surface area contributed by atoms with Crippen molar-refractivity contribution in [3.63, 3.8) is 0 Å². The highest BCUT2D eigenvalue weighted by Crippen LogP contribution is 2.30. The number of hydrogen-bond donors (Lipinski definition) is 1. The van der Waals surface area contributed by atoms with Gasteiger partial charge in [-0.1, -0.05) is 13.8 Å². The lowest BCUT2D eigenvalue weighted by molar-refractivity contribution is -0.138. The Kier molecular flexibility index (Phi) is 5.48. The van der Waals surface area contributed by atoms with E-state index in [4.69, 9.17) is 5.11 Å². The van der Waals surface area contributed by atoms with Crippen LogP contribution < -0.4 is 0 Å². The lowest BCUT2D eigenvalue weighted by atomic mass is 9.95. The number of carboxylic acid groups (broad SMARTS) is 1. The average molecular weight is 296 g/mol. The maximum absolute atomic E-state index is 12.7. The van der Waals surface area contributed by atoms with Gasteiger partial charge in [0.1, 0.15) is 0 Å². The van der Waals surface area contributed by atoms with E-state index >= 15 is 0 Å². The predicted octanol–water partition coefficient (Wildman–Crippen LogP) is 2.80. The van der Waals surface area contributed by atoms with E-state index in [0.29, 0.717) is 18.5 Å². The molecule has 1 saturated heterocycles. The van der Waals surface area contributed by atoms with Crippen molar-refractivity contribution in [3.05, 3.63) is 0 Å². The number of carbonyl (C=O) groups excluding carboxylic acids is 1. The number of urea groups is 1. The molecule has 1 atom stereocenters. The van der Waals surface area contributed by atoms with E-state index in [2.05, 4.69) is 13.8 Å². The third-order valence-corrected chi connectivity index (χ3v) is 4.43. The third-order valence-electron chi connectivity index (χ3n) is 4.43. The van der Waals surface area contributed by atoms with Gasteiger partial charge in [0.2, 0.25) is 0 Å². The zero-order valence-electron chi connectivity index (χ0n) is 13.3. The number of likely N-dealkylation sites (tertiary alicyclic amines) is 1. The minimum atomic E-state index is -0.756. The summed E-state index contributed by atoms with van der Waals surface area (Å²) in [5, 5.41) is 8.93. The van der Waals surface area contributed by atoms with Crippen LogP contribution in [-0.2, 0) is 4.79 Å². The molecule has 1 saturated carbocycles. The summed E-state index contributed by atoms with van der Waals surface area (Å²) in [5.41, 5.74) is 0. The van der Waals surface area contributed by atoms with Crippen LogP contribution in [0, 0.1) is 11.8 Å². The van der Waals surface area contributed by atoms with Gasteiger partial charge in [-0.3, -0.25) is 4.79 Å². The standard InChI is InChI=1S/C16H28N2O3/c1-12(2)7-9-18(14-5-6-14)16(21)17-8-3-4-13(11-17)10-15(19)20/h12-14H,3-11H2,1-2H3,(H,19,20). The molecule has 5 heteroatoms. The Balaban J connectivity index is 1.91. The highest BCUT2D eigenvalue weighted by Gasteiger charge is 2.36. The summed E-state index contributed by atoms with van der Waals surface area (Å²) in [6.45, 7) is 6.58. The molecule has 21 heavy (non-hydrogen) atoms. The van der Waals surface area contributed by atoms with Gasteiger partial charge < -0.3 is 14.9 Å². The first kappa shape index (κ1) is 16.1. The Labute approximate surface area is 127 Å². The summed E-state index contributed by atoms with van der Waals surface area (Å²) in [5.74, 6) is -0.0420. The first-order valence-electron chi connectivity index (χ1n) is 8.24. The van der Waals surface area contributed by atoms with Crippen molar-refractivity contribution < 1.29 is 14.7 Å². The molecule has 0 aromatic carbocycles. The molecular formula is C16H28N2O3. The molecule has 0 bridgehead atoms. The van der Waals surface area contributed by atoms with Crippen molar-refractivity contribution in [2.45, 2.75) is 58.4 Å². The normalized spacial score (nSPS) is 22.4. The molecule has 120 valence electrons. The molecule has 2 aliphatic rings. The molecule has 1 aliphatic carbocycles. The molecule has 2 amide bonds. The topological polar surface area (TPSA) is 60.9 Å². The molecule has 1 unspecified atom stereocenters. The van der Waals surface area contributed by atoms with Gasteiger partial charge in [-0.15, -0.1) is 0 Å². The number of rotatable bonds is 6. The Hall–Kier alpha value is -1.26. The van der Waals surface area contributed by atoms with Gasteiger partial charge in [0.15, 0.2) is 0 Å². The fourth-order valence-electron chi connectivity index (χ4n) is 3.05. The molecule has 2 rings (SSSR count). The summed E-state index contributed by atoms with van der Waals surface area (Å²) in [4.78, 5) is 27.5. The minimum Gasteiger partial charge on any atom is -0.481 e. The van der Waals surface area contributed by atoms with Gasteiger partial charge in [0.05, 0.1) is 0 Å². The number of carboxylic acids is 1. The van der Waals surface area contributed by atoms with Crippen LogP contribution in [0.2, 0.25) is 0 Å². The first-order chi connectivity index (χ1) is 9.97. The first-order valence-corrected chi connectivity index (χ1v) is 8.24. The van der Waals surface area contributed by atoms with E-state index in [1.54, 1.807) is 0 Å². The van der Waals surface area contributed by atoms with Crippen LogP contribution in [0.15, 0.2) is 0 Å². The zero-order chi connectivity index (χ0) is 15.4. The second-order valence-electron chi connectivity index (χ2n) is 6.94. The minimum absolute atomic E-state index is 0.117. The van der Waals surface area contributed by atoms with Gasteiger partial charge in [-0.2, -0.15) is 0 Å². The van der Waals surface area contributed by atoms with Crippen LogP contribution in [0.25, 0.3) is 0 Å². The van der Waals surface area contributed by atoms with Crippen LogP contribution >= 0.6 is 0 Å². The van der Waals surface area contributed by atoms with E-state index in [-0.39, 0.29) is 18.4 Å². The number of amides is 2. The number of hydrogen-bond acceptors (Lipinski definition) is 2. The summed E-state index contributed by atoms with van der Waals surface area (Å²) < 4.78 is 0. The highest BCUT2D eigenvalue weighted by atomic mass is 16.4. The van der Waals surface area contributed by atoms with Crippen LogP contribution in [-0.4, -0.2) is 52.6 Å². The summed E-state index contributed by atoms with van der Waals surface area (Å²) >= 11 is 0. The van der Waals surface area contributed by atoms with E-state index in [0.717, 1.165) is 45.2 Å². The maximum Gasteiger partial charge on any atom is 0.320 e. The molecule has 1 heterocycles. The summed E-state index contributed by atoms with van der Waals surface area (Å²) in [6, 6.07) is 0.560.